The molecule has 0 aliphatic heterocycles. The number of hydrogen-bond donors (Lipinski definition) is 1. The third-order valence-electron chi connectivity index (χ3n) is 3.99. The number of pyridine rings is 1. The molecular formula is C22H18N4O3. The molecule has 29 heavy (non-hydrogen) atoms. The maximum atomic E-state index is 11.9. The highest BCUT2D eigenvalue weighted by molar-refractivity contribution is 5.93. The van der Waals surface area contributed by atoms with E-state index in [0.717, 1.165) is 5.56 Å². The Kier molecular flexibility index (Phi) is 6.53. The van der Waals surface area contributed by atoms with Gasteiger partial charge in [0, 0.05) is 11.8 Å². The van der Waals surface area contributed by atoms with Gasteiger partial charge in [-0.15, -0.1) is 0 Å². The molecule has 0 bridgehead atoms. The number of benzene rings is 2. The summed E-state index contributed by atoms with van der Waals surface area (Å²) < 4.78 is 11.2. The molecule has 2 aromatic carbocycles. The predicted octanol–water partition coefficient (Wildman–Crippen LogP) is 3.30. The lowest BCUT2D eigenvalue weighted by molar-refractivity contribution is 0.0950. The zero-order valence-corrected chi connectivity index (χ0v) is 15.7. The van der Waals surface area contributed by atoms with Crippen LogP contribution >= 0.6 is 0 Å². The molecule has 1 amide bonds. The van der Waals surface area contributed by atoms with Crippen LogP contribution in [0.25, 0.3) is 0 Å². The lowest BCUT2D eigenvalue weighted by atomic mass is 10.1. The summed E-state index contributed by atoms with van der Waals surface area (Å²) in [6, 6.07) is 19.7. The van der Waals surface area contributed by atoms with Crippen LogP contribution in [0.3, 0.4) is 0 Å². The third kappa shape index (κ3) is 5.17. The van der Waals surface area contributed by atoms with E-state index in [-0.39, 0.29) is 12.3 Å². The van der Waals surface area contributed by atoms with Crippen molar-refractivity contribution in [3.63, 3.8) is 0 Å². The van der Waals surface area contributed by atoms with Gasteiger partial charge in [0.05, 0.1) is 25.0 Å². The molecule has 0 unspecified atom stereocenters. The number of ether oxygens (including phenoxy) is 2. The van der Waals surface area contributed by atoms with Crippen molar-refractivity contribution in [2.75, 3.05) is 7.11 Å². The van der Waals surface area contributed by atoms with Gasteiger partial charge in [0.2, 0.25) is 0 Å². The first-order chi connectivity index (χ1) is 14.2. The number of hydrazone groups is 1. The standard InChI is InChI=1S/C22H18N4O3/c1-28-21-12-16(14-25-26-22(27)19-8-4-5-11-24-19)9-10-20(21)29-15-18-7-3-2-6-17(18)13-23/h2-12,14H,15H2,1H3,(H,26,27)/b25-14-. The number of nitrogens with zero attached hydrogens (tertiary/aromatic N) is 3. The SMILES string of the molecule is COc1cc(/C=N\NC(=O)c2ccccn2)ccc1OCc1ccccc1C#N. The Bertz CT molecular complexity index is 1060. The fraction of sp³-hybridized carbons (Fsp3) is 0.0909. The molecule has 0 saturated carbocycles. The Morgan fingerprint density at radius 3 is 2.76 bits per heavy atom. The minimum absolute atomic E-state index is 0.244. The number of carbonyl (C=O) groups is 1. The number of nitriles is 1. The molecular weight excluding hydrogens is 368 g/mol. The van der Waals surface area contributed by atoms with Crippen molar-refractivity contribution in [1.29, 1.82) is 5.26 Å². The van der Waals surface area contributed by atoms with E-state index in [0.29, 0.717) is 22.6 Å². The number of methoxy groups -OCH3 is 1. The minimum atomic E-state index is -0.398. The van der Waals surface area contributed by atoms with Crippen LogP contribution in [0.5, 0.6) is 11.5 Å². The second-order valence-corrected chi connectivity index (χ2v) is 5.88. The van der Waals surface area contributed by atoms with Gasteiger partial charge in [0.1, 0.15) is 12.3 Å². The van der Waals surface area contributed by atoms with Crippen LogP contribution in [0.4, 0.5) is 0 Å². The number of aromatic nitrogens is 1. The molecule has 0 spiro atoms. The zero-order chi connectivity index (χ0) is 20.5. The minimum Gasteiger partial charge on any atom is -0.493 e. The first kappa shape index (κ1) is 19.6. The summed E-state index contributed by atoms with van der Waals surface area (Å²) in [5, 5.41) is 13.1. The average molecular weight is 386 g/mol. The van der Waals surface area contributed by atoms with E-state index in [1.807, 2.05) is 18.2 Å². The van der Waals surface area contributed by atoms with Gasteiger partial charge >= 0.3 is 0 Å². The zero-order valence-electron chi connectivity index (χ0n) is 15.7. The topological polar surface area (TPSA) is 96.6 Å². The second kappa shape index (κ2) is 9.67. The molecule has 0 aliphatic rings. The molecule has 0 aliphatic carbocycles. The second-order valence-electron chi connectivity index (χ2n) is 5.88. The van der Waals surface area contributed by atoms with Crippen LogP contribution < -0.4 is 14.9 Å². The number of rotatable bonds is 7. The van der Waals surface area contributed by atoms with Crippen molar-refractivity contribution in [1.82, 2.24) is 10.4 Å². The maximum absolute atomic E-state index is 11.9. The van der Waals surface area contributed by atoms with Gasteiger partial charge in [0.15, 0.2) is 11.5 Å². The molecule has 1 heterocycles. The highest BCUT2D eigenvalue weighted by atomic mass is 16.5. The number of carbonyl (C=O) groups excluding carboxylic acids is 1. The van der Waals surface area contributed by atoms with Crippen molar-refractivity contribution >= 4 is 12.1 Å². The summed E-state index contributed by atoms with van der Waals surface area (Å²) in [5.41, 5.74) is 4.78. The lowest BCUT2D eigenvalue weighted by Gasteiger charge is -2.12. The molecule has 7 heteroatoms. The van der Waals surface area contributed by atoms with E-state index >= 15 is 0 Å². The van der Waals surface area contributed by atoms with Crippen LogP contribution in [0.15, 0.2) is 72.0 Å². The van der Waals surface area contributed by atoms with E-state index < -0.39 is 5.91 Å². The summed E-state index contributed by atoms with van der Waals surface area (Å²) >= 11 is 0. The molecule has 1 aromatic heterocycles. The highest BCUT2D eigenvalue weighted by Crippen LogP contribution is 2.28. The fourth-order valence-corrected chi connectivity index (χ4v) is 2.51. The van der Waals surface area contributed by atoms with Crippen molar-refractivity contribution in [3.8, 4) is 17.6 Å². The van der Waals surface area contributed by atoms with Crippen LogP contribution in [-0.4, -0.2) is 24.2 Å². The Labute approximate surface area is 168 Å². The molecule has 1 N–H and O–H groups in total. The van der Waals surface area contributed by atoms with E-state index in [1.54, 1.807) is 42.5 Å². The number of hydrogen-bond acceptors (Lipinski definition) is 6. The van der Waals surface area contributed by atoms with Gasteiger partial charge in [-0.3, -0.25) is 9.78 Å². The molecule has 0 radical (unpaired) electrons. The van der Waals surface area contributed by atoms with Crippen molar-refractivity contribution in [3.05, 3.63) is 89.2 Å². The Morgan fingerprint density at radius 1 is 1.17 bits per heavy atom. The Morgan fingerprint density at radius 2 is 2.00 bits per heavy atom. The summed E-state index contributed by atoms with van der Waals surface area (Å²) in [6.07, 6.45) is 3.04. The van der Waals surface area contributed by atoms with Crippen LogP contribution in [0, 0.1) is 11.3 Å². The smallest absolute Gasteiger partial charge is 0.289 e. The monoisotopic (exact) mass is 386 g/mol. The fourth-order valence-electron chi connectivity index (χ4n) is 2.51. The van der Waals surface area contributed by atoms with Gasteiger partial charge in [-0.05, 0) is 42.0 Å². The summed E-state index contributed by atoms with van der Waals surface area (Å²) in [5.74, 6) is 0.652. The number of amides is 1. The summed E-state index contributed by atoms with van der Waals surface area (Å²) in [6.45, 7) is 0.244. The lowest BCUT2D eigenvalue weighted by Crippen LogP contribution is -2.18. The van der Waals surface area contributed by atoms with E-state index in [2.05, 4.69) is 21.6 Å². The van der Waals surface area contributed by atoms with Gasteiger partial charge in [-0.1, -0.05) is 24.3 Å². The van der Waals surface area contributed by atoms with Crippen LogP contribution in [0.1, 0.15) is 27.2 Å². The average Bonchev–Trinajstić information content (AvgIpc) is 2.78. The maximum Gasteiger partial charge on any atom is 0.289 e. The van der Waals surface area contributed by atoms with E-state index in [1.165, 1.54) is 19.5 Å². The molecule has 0 atom stereocenters. The largest absolute Gasteiger partial charge is 0.493 e. The normalized spacial score (nSPS) is 10.3. The first-order valence-corrected chi connectivity index (χ1v) is 8.74. The third-order valence-corrected chi connectivity index (χ3v) is 3.99. The quantitative estimate of drug-likeness (QED) is 0.496. The molecule has 3 aromatic rings. The van der Waals surface area contributed by atoms with Crippen molar-refractivity contribution in [2.24, 2.45) is 5.10 Å². The van der Waals surface area contributed by atoms with Crippen molar-refractivity contribution in [2.45, 2.75) is 6.61 Å². The van der Waals surface area contributed by atoms with Gasteiger partial charge < -0.3 is 9.47 Å². The molecule has 3 rings (SSSR count). The van der Waals surface area contributed by atoms with E-state index in [4.69, 9.17) is 14.7 Å². The van der Waals surface area contributed by atoms with Gasteiger partial charge in [-0.25, -0.2) is 5.43 Å². The van der Waals surface area contributed by atoms with Gasteiger partial charge in [-0.2, -0.15) is 10.4 Å². The predicted molar refractivity (Wildman–Crippen MR) is 108 cm³/mol. The van der Waals surface area contributed by atoms with Crippen molar-refractivity contribution < 1.29 is 14.3 Å². The van der Waals surface area contributed by atoms with Gasteiger partial charge in [0.25, 0.3) is 5.91 Å². The first-order valence-electron chi connectivity index (χ1n) is 8.74. The highest BCUT2D eigenvalue weighted by Gasteiger charge is 2.08. The Balaban J connectivity index is 1.65. The van der Waals surface area contributed by atoms with Crippen LogP contribution in [-0.2, 0) is 6.61 Å². The molecule has 0 saturated heterocycles. The number of nitrogens with one attached hydrogen (secondary N) is 1. The summed E-state index contributed by atoms with van der Waals surface area (Å²) in [4.78, 5) is 15.9. The molecule has 144 valence electrons. The van der Waals surface area contributed by atoms with E-state index in [9.17, 15) is 4.79 Å². The summed E-state index contributed by atoms with van der Waals surface area (Å²) in [7, 11) is 1.54. The molecule has 0 fully saturated rings. The Hall–Kier alpha value is -4.18. The van der Waals surface area contributed by atoms with Crippen LogP contribution in [0.2, 0.25) is 0 Å². The molecule has 7 nitrogen and oxygen atoms in total.